The van der Waals surface area contributed by atoms with Crippen LogP contribution in [0.1, 0.15) is 0 Å². The SMILES string of the molecule is C#CC1OC(OC)C(O)C1O. The third-order valence-corrected chi connectivity index (χ3v) is 1.62. The summed E-state index contributed by atoms with van der Waals surface area (Å²) in [6.45, 7) is 0. The van der Waals surface area contributed by atoms with Crippen LogP contribution in [0.15, 0.2) is 0 Å². The van der Waals surface area contributed by atoms with Crippen molar-refractivity contribution < 1.29 is 19.7 Å². The summed E-state index contributed by atoms with van der Waals surface area (Å²) < 4.78 is 9.62. The summed E-state index contributed by atoms with van der Waals surface area (Å²) in [5, 5.41) is 18.3. The van der Waals surface area contributed by atoms with Crippen molar-refractivity contribution >= 4 is 0 Å². The van der Waals surface area contributed by atoms with Gasteiger partial charge in [-0.25, -0.2) is 0 Å². The third-order valence-electron chi connectivity index (χ3n) is 1.62. The quantitative estimate of drug-likeness (QED) is 0.466. The fourth-order valence-electron chi connectivity index (χ4n) is 0.978. The van der Waals surface area contributed by atoms with Crippen LogP contribution in [-0.4, -0.2) is 41.9 Å². The Morgan fingerprint density at radius 3 is 2.36 bits per heavy atom. The molecule has 4 heteroatoms. The first-order valence-corrected chi connectivity index (χ1v) is 3.21. The summed E-state index contributed by atoms with van der Waals surface area (Å²) in [5.74, 6) is 2.20. The molecule has 0 aliphatic carbocycles. The van der Waals surface area contributed by atoms with Gasteiger partial charge in [-0.15, -0.1) is 6.42 Å². The van der Waals surface area contributed by atoms with Crippen LogP contribution in [-0.2, 0) is 9.47 Å². The predicted molar refractivity (Wildman–Crippen MR) is 36.5 cm³/mol. The lowest BCUT2D eigenvalue weighted by atomic mass is 10.1. The maximum Gasteiger partial charge on any atom is 0.187 e. The Labute approximate surface area is 64.7 Å². The highest BCUT2D eigenvalue weighted by Crippen LogP contribution is 2.20. The van der Waals surface area contributed by atoms with E-state index in [2.05, 4.69) is 5.92 Å². The summed E-state index contributed by atoms with van der Waals surface area (Å²) in [6, 6.07) is 0. The smallest absolute Gasteiger partial charge is 0.187 e. The zero-order valence-corrected chi connectivity index (χ0v) is 6.10. The van der Waals surface area contributed by atoms with E-state index in [1.807, 2.05) is 0 Å². The fraction of sp³-hybridized carbons (Fsp3) is 0.714. The number of hydrogen-bond acceptors (Lipinski definition) is 4. The molecule has 0 aromatic rings. The molecular formula is C7H10O4. The van der Waals surface area contributed by atoms with Crippen molar-refractivity contribution in [3.05, 3.63) is 0 Å². The molecule has 2 N–H and O–H groups in total. The Morgan fingerprint density at radius 2 is 2.09 bits per heavy atom. The number of aliphatic hydroxyl groups is 2. The van der Waals surface area contributed by atoms with Crippen molar-refractivity contribution in [3.63, 3.8) is 0 Å². The molecule has 4 unspecified atom stereocenters. The van der Waals surface area contributed by atoms with Gasteiger partial charge in [0, 0.05) is 7.11 Å². The van der Waals surface area contributed by atoms with E-state index in [0.717, 1.165) is 0 Å². The molecule has 0 aromatic heterocycles. The highest BCUT2D eigenvalue weighted by atomic mass is 16.7. The minimum absolute atomic E-state index is 0.769. The average Bonchev–Trinajstić information content (AvgIpc) is 2.30. The van der Waals surface area contributed by atoms with E-state index < -0.39 is 24.6 Å². The minimum atomic E-state index is -1.05. The van der Waals surface area contributed by atoms with Gasteiger partial charge in [0.05, 0.1) is 0 Å². The monoisotopic (exact) mass is 158 g/mol. The molecule has 0 bridgehead atoms. The van der Waals surface area contributed by atoms with Crippen LogP contribution in [0.4, 0.5) is 0 Å². The zero-order chi connectivity index (χ0) is 8.43. The molecule has 1 aliphatic rings. The maximum atomic E-state index is 9.16. The number of rotatable bonds is 1. The zero-order valence-electron chi connectivity index (χ0n) is 6.10. The Morgan fingerprint density at radius 1 is 1.45 bits per heavy atom. The largest absolute Gasteiger partial charge is 0.386 e. The van der Waals surface area contributed by atoms with Gasteiger partial charge in [-0.2, -0.15) is 0 Å². The van der Waals surface area contributed by atoms with Crippen molar-refractivity contribution in [1.29, 1.82) is 0 Å². The molecule has 1 rings (SSSR count). The minimum Gasteiger partial charge on any atom is -0.386 e. The Bertz CT molecular complexity index is 174. The van der Waals surface area contributed by atoms with Crippen LogP contribution in [0, 0.1) is 12.3 Å². The van der Waals surface area contributed by atoms with Gasteiger partial charge in [-0.3, -0.25) is 0 Å². The molecular weight excluding hydrogens is 148 g/mol. The first kappa shape index (κ1) is 8.50. The lowest BCUT2D eigenvalue weighted by Gasteiger charge is -2.10. The van der Waals surface area contributed by atoms with Crippen molar-refractivity contribution in [2.45, 2.75) is 24.6 Å². The molecule has 1 aliphatic heterocycles. The van der Waals surface area contributed by atoms with Crippen LogP contribution in [0.5, 0.6) is 0 Å². The number of ether oxygens (including phenoxy) is 2. The van der Waals surface area contributed by atoms with E-state index in [0.29, 0.717) is 0 Å². The molecule has 0 radical (unpaired) electrons. The van der Waals surface area contributed by atoms with Crippen molar-refractivity contribution in [2.75, 3.05) is 7.11 Å². The summed E-state index contributed by atoms with van der Waals surface area (Å²) in [4.78, 5) is 0. The molecule has 1 saturated heterocycles. The van der Waals surface area contributed by atoms with Crippen LogP contribution >= 0.6 is 0 Å². The lowest BCUT2D eigenvalue weighted by Crippen LogP contribution is -2.32. The van der Waals surface area contributed by atoms with E-state index >= 15 is 0 Å². The molecule has 0 amide bonds. The molecule has 11 heavy (non-hydrogen) atoms. The summed E-state index contributed by atoms with van der Waals surface area (Å²) in [5.41, 5.74) is 0. The summed E-state index contributed by atoms with van der Waals surface area (Å²) >= 11 is 0. The van der Waals surface area contributed by atoms with Gasteiger partial charge >= 0.3 is 0 Å². The van der Waals surface area contributed by atoms with Crippen LogP contribution in [0.3, 0.4) is 0 Å². The normalized spacial score (nSPS) is 43.8. The first-order valence-electron chi connectivity index (χ1n) is 3.21. The molecule has 4 nitrogen and oxygen atoms in total. The van der Waals surface area contributed by atoms with Crippen molar-refractivity contribution in [2.24, 2.45) is 0 Å². The Balaban J connectivity index is 2.62. The lowest BCUT2D eigenvalue weighted by molar-refractivity contribution is -0.141. The Hall–Kier alpha value is -0.600. The first-order chi connectivity index (χ1) is 5.20. The van der Waals surface area contributed by atoms with Gasteiger partial charge < -0.3 is 19.7 Å². The number of terminal acetylenes is 1. The second-order valence-corrected chi connectivity index (χ2v) is 2.31. The van der Waals surface area contributed by atoms with Crippen LogP contribution < -0.4 is 0 Å². The highest BCUT2D eigenvalue weighted by molar-refractivity contribution is 5.05. The van der Waals surface area contributed by atoms with E-state index in [1.54, 1.807) is 0 Å². The maximum absolute atomic E-state index is 9.16. The van der Waals surface area contributed by atoms with Gasteiger partial charge in [-0.1, -0.05) is 5.92 Å². The number of hydrogen-bond donors (Lipinski definition) is 2. The van der Waals surface area contributed by atoms with Gasteiger partial charge in [0.1, 0.15) is 18.3 Å². The number of aliphatic hydroxyl groups excluding tert-OH is 2. The molecule has 62 valence electrons. The highest BCUT2D eigenvalue weighted by Gasteiger charge is 2.41. The van der Waals surface area contributed by atoms with E-state index in [1.165, 1.54) is 7.11 Å². The standard InChI is InChI=1S/C7H10O4/c1-3-4-5(8)6(9)7(10-2)11-4/h1,4-9H,2H3. The summed E-state index contributed by atoms with van der Waals surface area (Å²) in [7, 11) is 1.37. The molecule has 1 fully saturated rings. The van der Waals surface area contributed by atoms with Crippen molar-refractivity contribution in [1.82, 2.24) is 0 Å². The molecule has 0 spiro atoms. The van der Waals surface area contributed by atoms with Gasteiger partial charge in [0.15, 0.2) is 6.29 Å². The fourth-order valence-corrected chi connectivity index (χ4v) is 0.978. The average molecular weight is 158 g/mol. The van der Waals surface area contributed by atoms with E-state index in [9.17, 15) is 0 Å². The second kappa shape index (κ2) is 3.20. The molecule has 1 heterocycles. The second-order valence-electron chi connectivity index (χ2n) is 2.31. The van der Waals surface area contributed by atoms with Gasteiger partial charge in [-0.05, 0) is 0 Å². The molecule has 0 saturated carbocycles. The van der Waals surface area contributed by atoms with Crippen molar-refractivity contribution in [3.8, 4) is 12.3 Å². The predicted octanol–water partition coefficient (Wildman–Crippen LogP) is -1.29. The molecule has 4 atom stereocenters. The van der Waals surface area contributed by atoms with Crippen LogP contribution in [0.2, 0.25) is 0 Å². The topological polar surface area (TPSA) is 58.9 Å². The summed E-state index contributed by atoms with van der Waals surface area (Å²) in [6.07, 6.45) is 1.31. The molecule has 0 aromatic carbocycles. The van der Waals surface area contributed by atoms with E-state index in [4.69, 9.17) is 26.1 Å². The van der Waals surface area contributed by atoms with Crippen LogP contribution in [0.25, 0.3) is 0 Å². The Kier molecular flexibility index (Phi) is 2.47. The van der Waals surface area contributed by atoms with E-state index in [-0.39, 0.29) is 0 Å². The third kappa shape index (κ3) is 1.37. The number of methoxy groups -OCH3 is 1. The van der Waals surface area contributed by atoms with Gasteiger partial charge in [0.2, 0.25) is 0 Å². The van der Waals surface area contributed by atoms with Gasteiger partial charge in [0.25, 0.3) is 0 Å².